The van der Waals surface area contributed by atoms with Crippen molar-refractivity contribution in [1.29, 1.82) is 0 Å². The number of carbonyl (C=O) groups excluding carboxylic acids is 1. The van der Waals surface area contributed by atoms with Gasteiger partial charge in [0.05, 0.1) is 0 Å². The summed E-state index contributed by atoms with van der Waals surface area (Å²) in [5.74, 6) is -1.39. The highest BCUT2D eigenvalue weighted by molar-refractivity contribution is 7.14. The van der Waals surface area contributed by atoms with Gasteiger partial charge in [0.1, 0.15) is 5.69 Å². The normalized spacial score (nSPS) is 11.0. The van der Waals surface area contributed by atoms with Crippen LogP contribution in [0.2, 0.25) is 0 Å². The minimum atomic E-state index is -1.39. The minimum absolute atomic E-state index is 0.00523. The van der Waals surface area contributed by atoms with Crippen LogP contribution in [-0.2, 0) is 9.59 Å². The molecule has 0 unspecified atom stereocenters. The molecule has 0 aliphatic carbocycles. The highest BCUT2D eigenvalue weighted by Gasteiger charge is 2.16. The second-order valence-electron chi connectivity index (χ2n) is 2.05. The molecular formula is C6H5N3O4S. The van der Waals surface area contributed by atoms with Crippen LogP contribution in [0, 0.1) is 0 Å². The van der Waals surface area contributed by atoms with Crippen molar-refractivity contribution in [2.45, 2.75) is 0 Å². The summed E-state index contributed by atoms with van der Waals surface area (Å²) in [5.41, 5.74) is -0.574. The van der Waals surface area contributed by atoms with E-state index >= 15 is 0 Å². The summed E-state index contributed by atoms with van der Waals surface area (Å²) in [4.78, 5) is 24.2. The number of aromatic nitrogens is 1. The summed E-state index contributed by atoms with van der Waals surface area (Å²) in [6.45, 7) is 0. The fraction of sp³-hybridized carbons (Fsp3) is 0. The molecule has 0 aliphatic rings. The predicted molar refractivity (Wildman–Crippen MR) is 47.8 cm³/mol. The van der Waals surface area contributed by atoms with E-state index in [1.807, 2.05) is 0 Å². The van der Waals surface area contributed by atoms with Gasteiger partial charge in [-0.1, -0.05) is 5.16 Å². The van der Waals surface area contributed by atoms with Gasteiger partial charge in [-0.25, -0.2) is 9.78 Å². The molecule has 0 aliphatic heterocycles. The van der Waals surface area contributed by atoms with Crippen molar-refractivity contribution < 1.29 is 19.9 Å². The van der Waals surface area contributed by atoms with Gasteiger partial charge in [-0.3, -0.25) is 4.79 Å². The first-order chi connectivity index (χ1) is 6.69. The first kappa shape index (κ1) is 10.1. The van der Waals surface area contributed by atoms with Gasteiger partial charge in [-0.15, -0.1) is 11.3 Å². The second-order valence-corrected chi connectivity index (χ2v) is 2.91. The zero-order chi connectivity index (χ0) is 10.6. The first-order valence-electron chi connectivity index (χ1n) is 3.30. The molecule has 0 atom stereocenters. The van der Waals surface area contributed by atoms with Crippen LogP contribution in [-0.4, -0.2) is 33.4 Å². The van der Waals surface area contributed by atoms with Gasteiger partial charge >= 0.3 is 5.97 Å². The molecule has 0 saturated carbocycles. The zero-order valence-corrected chi connectivity index (χ0v) is 7.48. The lowest BCUT2D eigenvalue weighted by Gasteiger charge is -1.91. The van der Waals surface area contributed by atoms with Crippen LogP contribution in [0.1, 0.15) is 5.69 Å². The summed E-state index contributed by atoms with van der Waals surface area (Å²) in [6, 6.07) is 0. The third-order valence-corrected chi connectivity index (χ3v) is 2.01. The van der Waals surface area contributed by atoms with E-state index in [0.29, 0.717) is 6.41 Å². The van der Waals surface area contributed by atoms with Gasteiger partial charge in [0, 0.05) is 5.38 Å². The largest absolute Gasteiger partial charge is 0.476 e. The monoisotopic (exact) mass is 215 g/mol. The number of amides is 1. The van der Waals surface area contributed by atoms with Crippen molar-refractivity contribution in [3.05, 3.63) is 11.1 Å². The summed E-state index contributed by atoms with van der Waals surface area (Å²) < 4.78 is 0. The van der Waals surface area contributed by atoms with E-state index in [4.69, 9.17) is 10.3 Å². The molecule has 1 amide bonds. The predicted octanol–water partition coefficient (Wildman–Crippen LogP) is -0.0257. The number of aliphatic carboxylic acids is 1. The Morgan fingerprint density at radius 2 is 2.43 bits per heavy atom. The van der Waals surface area contributed by atoms with Crippen LogP contribution >= 0.6 is 11.3 Å². The van der Waals surface area contributed by atoms with Crippen LogP contribution in [0.5, 0.6) is 0 Å². The quantitative estimate of drug-likeness (QED) is 0.282. The van der Waals surface area contributed by atoms with Gasteiger partial charge in [-0.2, -0.15) is 0 Å². The molecule has 0 saturated heterocycles. The van der Waals surface area contributed by atoms with Crippen molar-refractivity contribution in [3.8, 4) is 0 Å². The number of anilines is 1. The lowest BCUT2D eigenvalue weighted by Crippen LogP contribution is -2.14. The average Bonchev–Trinajstić information content (AvgIpc) is 2.54. The molecule has 1 aromatic rings. The molecule has 0 fully saturated rings. The van der Waals surface area contributed by atoms with Gasteiger partial charge in [0.2, 0.25) is 12.1 Å². The van der Waals surface area contributed by atoms with Crippen molar-refractivity contribution in [2.24, 2.45) is 5.16 Å². The summed E-state index contributed by atoms with van der Waals surface area (Å²) >= 11 is 1.03. The van der Waals surface area contributed by atoms with Gasteiger partial charge in [0.15, 0.2) is 5.13 Å². The number of carboxylic acid groups (broad SMARTS) is 1. The molecule has 8 heteroatoms. The van der Waals surface area contributed by atoms with E-state index in [1.54, 1.807) is 0 Å². The first-order valence-corrected chi connectivity index (χ1v) is 4.18. The molecule has 0 bridgehead atoms. The smallest absolute Gasteiger partial charge is 0.360 e. The Balaban J connectivity index is 2.95. The maximum Gasteiger partial charge on any atom is 0.360 e. The van der Waals surface area contributed by atoms with E-state index in [9.17, 15) is 9.59 Å². The van der Waals surface area contributed by atoms with Crippen LogP contribution < -0.4 is 5.32 Å². The molecule has 0 aromatic carbocycles. The Bertz CT molecular complexity index is 386. The maximum atomic E-state index is 10.5. The number of carbonyl (C=O) groups is 2. The number of hydrogen-bond donors (Lipinski definition) is 3. The van der Waals surface area contributed by atoms with E-state index in [-0.39, 0.29) is 10.8 Å². The van der Waals surface area contributed by atoms with Crippen LogP contribution in [0.3, 0.4) is 0 Å². The third kappa shape index (κ3) is 2.04. The average molecular weight is 215 g/mol. The summed E-state index contributed by atoms with van der Waals surface area (Å²) in [6.07, 6.45) is 0.416. The van der Waals surface area contributed by atoms with E-state index in [1.165, 1.54) is 5.38 Å². The molecular weight excluding hydrogens is 210 g/mol. The molecule has 74 valence electrons. The number of nitrogens with one attached hydrogen (secondary N) is 1. The molecule has 1 heterocycles. The lowest BCUT2D eigenvalue weighted by atomic mass is 10.3. The molecule has 1 aromatic heterocycles. The molecule has 14 heavy (non-hydrogen) atoms. The molecule has 1 rings (SSSR count). The van der Waals surface area contributed by atoms with Crippen molar-refractivity contribution >= 4 is 34.6 Å². The Hall–Kier alpha value is -1.96. The summed E-state index contributed by atoms with van der Waals surface area (Å²) in [7, 11) is 0. The van der Waals surface area contributed by atoms with Crippen molar-refractivity contribution in [3.63, 3.8) is 0 Å². The Kier molecular flexibility index (Phi) is 3.13. The fourth-order valence-corrected chi connectivity index (χ4v) is 1.36. The number of carboxylic acids is 1. The van der Waals surface area contributed by atoms with Crippen molar-refractivity contribution in [1.82, 2.24) is 4.98 Å². The Labute approximate surface area is 81.7 Å². The molecule has 7 nitrogen and oxygen atoms in total. The number of nitrogens with zero attached hydrogens (tertiary/aromatic N) is 2. The number of rotatable bonds is 4. The minimum Gasteiger partial charge on any atom is -0.476 e. The van der Waals surface area contributed by atoms with Crippen LogP contribution in [0.4, 0.5) is 5.13 Å². The molecule has 0 radical (unpaired) electrons. The van der Waals surface area contributed by atoms with Gasteiger partial charge < -0.3 is 15.6 Å². The molecule has 0 spiro atoms. The summed E-state index contributed by atoms with van der Waals surface area (Å²) in [5, 5.41) is 23.3. The second kappa shape index (κ2) is 4.33. The fourth-order valence-electron chi connectivity index (χ4n) is 0.703. The van der Waals surface area contributed by atoms with Crippen molar-refractivity contribution in [2.75, 3.05) is 5.32 Å². The SMILES string of the molecule is O=CNc1nc(/C(=N\O)C(=O)O)cs1. The lowest BCUT2D eigenvalue weighted by molar-refractivity contribution is -0.129. The number of thiazole rings is 1. The highest BCUT2D eigenvalue weighted by Crippen LogP contribution is 2.15. The van der Waals surface area contributed by atoms with Gasteiger partial charge in [0.25, 0.3) is 0 Å². The van der Waals surface area contributed by atoms with E-state index < -0.39 is 11.7 Å². The van der Waals surface area contributed by atoms with E-state index in [2.05, 4.69) is 15.5 Å². The van der Waals surface area contributed by atoms with Gasteiger partial charge in [-0.05, 0) is 0 Å². The number of hydrogen-bond acceptors (Lipinski definition) is 6. The zero-order valence-electron chi connectivity index (χ0n) is 6.67. The third-order valence-electron chi connectivity index (χ3n) is 1.23. The number of oxime groups is 1. The topological polar surface area (TPSA) is 112 Å². The molecule has 3 N–H and O–H groups in total. The van der Waals surface area contributed by atoms with Crippen LogP contribution in [0.25, 0.3) is 0 Å². The Morgan fingerprint density at radius 3 is 2.93 bits per heavy atom. The van der Waals surface area contributed by atoms with Crippen LogP contribution in [0.15, 0.2) is 10.5 Å². The Morgan fingerprint density at radius 1 is 1.71 bits per heavy atom. The highest BCUT2D eigenvalue weighted by atomic mass is 32.1. The van der Waals surface area contributed by atoms with E-state index in [0.717, 1.165) is 11.3 Å². The maximum absolute atomic E-state index is 10.5. The standard InChI is InChI=1S/C6H5N3O4S/c10-2-7-6-8-3(1-14-6)4(9-13)5(11)12/h1-2,13H,(H,11,12)(H,7,8,10)/b9-4+.